The van der Waals surface area contributed by atoms with Crippen molar-refractivity contribution >= 4 is 21.5 Å². The van der Waals surface area contributed by atoms with Crippen molar-refractivity contribution in [1.29, 1.82) is 0 Å². The van der Waals surface area contributed by atoms with Crippen molar-refractivity contribution in [3.8, 4) is 5.69 Å². The van der Waals surface area contributed by atoms with Gasteiger partial charge in [0.2, 0.25) is 5.62 Å². The van der Waals surface area contributed by atoms with Crippen molar-refractivity contribution in [1.82, 2.24) is 9.13 Å². The van der Waals surface area contributed by atoms with E-state index in [9.17, 15) is 23.1 Å². The number of benzene rings is 2. The number of hydrogen-bond acceptors (Lipinski definition) is 7. The summed E-state index contributed by atoms with van der Waals surface area (Å²) in [5.41, 5.74) is 4.76. The van der Waals surface area contributed by atoms with E-state index < -0.39 is 20.8 Å². The number of nitrogens with zero attached hydrogens (tertiary/aromatic N) is 6. The standard InChI is InChI=1S/C21H24N6O5S.K/c1-15-13-16(2)20(17(3)14-15)26-11-10-25(9-4-12-33(30,31)32)21(26)23-24-22-18-5-7-19(8-6-18)27(28)29;/h5-8,10-11,13-14H,4,9,12H2,1-3H3,(H,30,31,32);/q;+1/p-1/b23-21-,24-22?;. The number of imidazole rings is 1. The number of aryl methyl sites for hydroxylation is 4. The van der Waals surface area contributed by atoms with Gasteiger partial charge in [-0.1, -0.05) is 22.8 Å². The van der Waals surface area contributed by atoms with E-state index in [0.29, 0.717) is 11.3 Å². The Bertz CT molecular complexity index is 1350. The zero-order chi connectivity index (χ0) is 24.2. The van der Waals surface area contributed by atoms with E-state index in [1.165, 1.54) is 24.3 Å². The fraction of sp³-hybridized carbons (Fsp3) is 0.286. The summed E-state index contributed by atoms with van der Waals surface area (Å²) in [5, 5.41) is 22.9. The van der Waals surface area contributed by atoms with Crippen molar-refractivity contribution < 1.29 is 69.3 Å². The maximum Gasteiger partial charge on any atom is 1.00 e. The molecule has 0 unspecified atom stereocenters. The first-order valence-electron chi connectivity index (χ1n) is 10.0. The van der Waals surface area contributed by atoms with E-state index in [-0.39, 0.29) is 70.0 Å². The molecular formula is C21H23KN6O5S. The molecule has 13 heteroatoms. The third kappa shape index (κ3) is 7.50. The molecular weight excluding hydrogens is 487 g/mol. The van der Waals surface area contributed by atoms with Gasteiger partial charge in [-0.3, -0.25) is 14.7 Å². The van der Waals surface area contributed by atoms with Crippen LogP contribution in [0, 0.1) is 30.9 Å². The van der Waals surface area contributed by atoms with Gasteiger partial charge < -0.3 is 9.12 Å². The van der Waals surface area contributed by atoms with Crippen LogP contribution in [0.2, 0.25) is 0 Å². The van der Waals surface area contributed by atoms with Gasteiger partial charge in [-0.15, -0.1) is 5.11 Å². The van der Waals surface area contributed by atoms with Gasteiger partial charge >= 0.3 is 51.4 Å². The summed E-state index contributed by atoms with van der Waals surface area (Å²) >= 11 is 0. The first kappa shape index (κ1) is 28.2. The summed E-state index contributed by atoms with van der Waals surface area (Å²) in [6.07, 6.45) is 3.64. The number of rotatable bonds is 8. The average Bonchev–Trinajstić information content (AvgIpc) is 3.09. The van der Waals surface area contributed by atoms with Gasteiger partial charge in [0.05, 0.1) is 26.4 Å². The molecule has 0 spiro atoms. The first-order chi connectivity index (χ1) is 15.5. The molecule has 0 radical (unpaired) electrons. The van der Waals surface area contributed by atoms with E-state index in [1.807, 2.05) is 37.5 Å². The zero-order valence-corrected chi connectivity index (χ0v) is 23.3. The summed E-state index contributed by atoms with van der Waals surface area (Å²) in [6.45, 7) is 6.20. The van der Waals surface area contributed by atoms with Crippen molar-refractivity contribution in [3.05, 3.63) is 81.2 Å². The molecule has 1 aromatic heterocycles. The molecule has 11 nitrogen and oxygen atoms in total. The summed E-state index contributed by atoms with van der Waals surface area (Å²) < 4.78 is 36.5. The van der Waals surface area contributed by atoms with Gasteiger partial charge in [-0.05, 0) is 55.7 Å². The molecule has 34 heavy (non-hydrogen) atoms. The molecule has 0 aliphatic carbocycles. The molecule has 0 bridgehead atoms. The number of hydrogen-bond donors (Lipinski definition) is 0. The molecule has 3 aromatic rings. The third-order valence-electron chi connectivity index (χ3n) is 4.89. The second-order valence-electron chi connectivity index (χ2n) is 7.59. The van der Waals surface area contributed by atoms with Crippen LogP contribution in [0.25, 0.3) is 5.69 Å². The summed E-state index contributed by atoms with van der Waals surface area (Å²) in [5.74, 6) is -0.489. The molecule has 0 saturated carbocycles. The van der Waals surface area contributed by atoms with Crippen LogP contribution >= 0.6 is 0 Å². The molecule has 0 amide bonds. The van der Waals surface area contributed by atoms with Crippen LogP contribution in [0.4, 0.5) is 11.4 Å². The number of nitro groups is 1. The Morgan fingerprint density at radius 1 is 1.03 bits per heavy atom. The molecule has 0 aliphatic rings. The molecule has 0 fully saturated rings. The van der Waals surface area contributed by atoms with Crippen LogP contribution < -0.4 is 57.0 Å². The fourth-order valence-electron chi connectivity index (χ4n) is 3.59. The summed E-state index contributed by atoms with van der Waals surface area (Å²) in [6, 6.07) is 9.63. The topological polar surface area (TPSA) is 147 Å². The molecule has 174 valence electrons. The van der Waals surface area contributed by atoms with Crippen LogP contribution in [-0.2, 0) is 16.7 Å². The number of nitro benzene ring substituents is 1. The van der Waals surface area contributed by atoms with Crippen LogP contribution in [-0.4, -0.2) is 32.8 Å². The molecule has 0 N–H and O–H groups in total. The minimum Gasteiger partial charge on any atom is -0.748 e. The van der Waals surface area contributed by atoms with E-state index in [0.717, 1.165) is 22.4 Å². The van der Waals surface area contributed by atoms with Gasteiger partial charge in [0, 0.05) is 36.8 Å². The quantitative estimate of drug-likeness (QED) is 0.143. The normalized spacial score (nSPS) is 12.2. The van der Waals surface area contributed by atoms with Gasteiger partial charge in [0.25, 0.3) is 5.69 Å². The van der Waals surface area contributed by atoms with Crippen LogP contribution in [0.1, 0.15) is 23.1 Å². The molecule has 0 saturated heterocycles. The predicted octanol–water partition coefficient (Wildman–Crippen LogP) is 0.651. The number of aromatic nitrogens is 2. The average molecular weight is 511 g/mol. The SMILES string of the molecule is Cc1cc(C)c(-n2ccn(CCCS(=O)(=O)[O-])/c2=N/N=Nc2ccc([N+](=O)[O-])cc2)c(C)c1.[K+]. The Morgan fingerprint density at radius 2 is 1.65 bits per heavy atom. The smallest absolute Gasteiger partial charge is 0.748 e. The summed E-state index contributed by atoms with van der Waals surface area (Å²) in [4.78, 5) is 10.3. The largest absolute Gasteiger partial charge is 1.00 e. The molecule has 0 aliphatic heterocycles. The Kier molecular flexibility index (Phi) is 10.1. The van der Waals surface area contributed by atoms with E-state index in [1.54, 1.807) is 17.0 Å². The Morgan fingerprint density at radius 3 is 2.21 bits per heavy atom. The third-order valence-corrected chi connectivity index (χ3v) is 5.68. The van der Waals surface area contributed by atoms with Crippen molar-refractivity contribution in [3.63, 3.8) is 0 Å². The molecule has 3 rings (SSSR count). The monoisotopic (exact) mass is 510 g/mol. The summed E-state index contributed by atoms with van der Waals surface area (Å²) in [7, 11) is -4.32. The van der Waals surface area contributed by atoms with Gasteiger partial charge in [-0.25, -0.2) is 8.42 Å². The molecule has 2 aromatic carbocycles. The second kappa shape index (κ2) is 12.1. The minimum absolute atomic E-state index is 0. The van der Waals surface area contributed by atoms with Gasteiger partial charge in [-0.2, -0.15) is 0 Å². The predicted molar refractivity (Wildman–Crippen MR) is 120 cm³/mol. The maximum atomic E-state index is 11.0. The zero-order valence-electron chi connectivity index (χ0n) is 19.4. The van der Waals surface area contributed by atoms with Crippen LogP contribution in [0.5, 0.6) is 0 Å². The van der Waals surface area contributed by atoms with E-state index in [4.69, 9.17) is 0 Å². The van der Waals surface area contributed by atoms with Gasteiger partial charge in [0.15, 0.2) is 0 Å². The molecule has 0 atom stereocenters. The van der Waals surface area contributed by atoms with Crippen molar-refractivity contribution in [2.45, 2.75) is 33.7 Å². The Labute approximate surface area is 239 Å². The van der Waals surface area contributed by atoms with Crippen LogP contribution in [0.15, 0.2) is 64.2 Å². The van der Waals surface area contributed by atoms with Gasteiger partial charge in [0.1, 0.15) is 0 Å². The maximum absolute atomic E-state index is 11.0. The Balaban J connectivity index is 0.00000408. The first-order valence-corrected chi connectivity index (χ1v) is 11.6. The van der Waals surface area contributed by atoms with E-state index >= 15 is 0 Å². The van der Waals surface area contributed by atoms with Crippen molar-refractivity contribution in [2.75, 3.05) is 5.75 Å². The number of non-ortho nitro benzene ring substituents is 1. The molecule has 1 heterocycles. The van der Waals surface area contributed by atoms with Crippen molar-refractivity contribution in [2.24, 2.45) is 15.4 Å². The minimum atomic E-state index is -4.32. The Hall–Kier alpha value is -2.00. The second-order valence-corrected chi connectivity index (χ2v) is 9.11. The van der Waals surface area contributed by atoms with Crippen LogP contribution in [0.3, 0.4) is 0 Å². The fourth-order valence-corrected chi connectivity index (χ4v) is 4.08. The van der Waals surface area contributed by atoms with E-state index in [2.05, 4.69) is 15.4 Å².